The summed E-state index contributed by atoms with van der Waals surface area (Å²) in [5, 5.41) is 2.65. The SMILES string of the molecule is CC1(C)CCC(C)(C)c2cc3cc(-c4ccc(N(c5ccc(-c6ccccc6)cc5)c5ccc(-c6ccccc6)cc5)cc4)ccc3cc21. The molecule has 0 amide bonds. The first kappa shape index (κ1) is 30.9. The van der Waals surface area contributed by atoms with Crippen molar-refractivity contribution in [2.24, 2.45) is 0 Å². The van der Waals surface area contributed by atoms with Gasteiger partial charge in [-0.2, -0.15) is 0 Å². The third-order valence-corrected chi connectivity index (χ3v) is 10.7. The Morgan fingerprint density at radius 1 is 0.347 bits per heavy atom. The topological polar surface area (TPSA) is 3.24 Å². The fourth-order valence-corrected chi connectivity index (χ4v) is 7.61. The van der Waals surface area contributed by atoms with Crippen LogP contribution in [-0.4, -0.2) is 0 Å². The van der Waals surface area contributed by atoms with Crippen molar-refractivity contribution in [3.05, 3.63) is 175 Å². The van der Waals surface area contributed by atoms with Crippen LogP contribution in [0.2, 0.25) is 0 Å². The van der Waals surface area contributed by atoms with Gasteiger partial charge in [-0.15, -0.1) is 0 Å². The maximum atomic E-state index is 2.48. The molecule has 0 heterocycles. The van der Waals surface area contributed by atoms with E-state index in [-0.39, 0.29) is 10.8 Å². The number of fused-ring (bicyclic) bond motifs is 2. The van der Waals surface area contributed by atoms with Crippen molar-refractivity contribution in [2.75, 3.05) is 4.90 Å². The molecule has 1 nitrogen and oxygen atoms in total. The summed E-state index contributed by atoms with van der Waals surface area (Å²) >= 11 is 0. The quantitative estimate of drug-likeness (QED) is 0.176. The first-order chi connectivity index (χ1) is 23.7. The second kappa shape index (κ2) is 12.2. The number of hydrogen-bond donors (Lipinski definition) is 0. The molecule has 0 fully saturated rings. The van der Waals surface area contributed by atoms with E-state index in [1.165, 1.54) is 68.1 Å². The normalized spacial score (nSPS) is 14.7. The summed E-state index contributed by atoms with van der Waals surface area (Å²) in [7, 11) is 0. The lowest BCUT2D eigenvalue weighted by molar-refractivity contribution is 0.332. The molecule has 0 atom stereocenters. The van der Waals surface area contributed by atoms with E-state index in [1.54, 1.807) is 0 Å². The largest absolute Gasteiger partial charge is 0.311 e. The number of anilines is 3. The molecule has 0 unspecified atom stereocenters. The third-order valence-electron chi connectivity index (χ3n) is 10.7. The van der Waals surface area contributed by atoms with Crippen molar-refractivity contribution in [3.8, 4) is 33.4 Å². The van der Waals surface area contributed by atoms with Gasteiger partial charge in [-0.1, -0.05) is 149 Å². The highest BCUT2D eigenvalue weighted by molar-refractivity contribution is 5.90. The van der Waals surface area contributed by atoms with Crippen molar-refractivity contribution in [1.29, 1.82) is 0 Å². The molecule has 0 saturated heterocycles. The molecule has 0 saturated carbocycles. The lowest BCUT2D eigenvalue weighted by atomic mass is 9.63. The molecule has 0 spiro atoms. The van der Waals surface area contributed by atoms with E-state index in [4.69, 9.17) is 0 Å². The van der Waals surface area contributed by atoms with Crippen LogP contribution in [-0.2, 0) is 10.8 Å². The van der Waals surface area contributed by atoms with Crippen molar-refractivity contribution in [1.82, 2.24) is 0 Å². The summed E-state index contributed by atoms with van der Waals surface area (Å²) in [5.41, 5.74) is 14.1. The Balaban J connectivity index is 1.16. The van der Waals surface area contributed by atoms with Crippen molar-refractivity contribution in [2.45, 2.75) is 51.4 Å². The van der Waals surface area contributed by atoms with E-state index in [9.17, 15) is 0 Å². The summed E-state index contributed by atoms with van der Waals surface area (Å²) < 4.78 is 0. The van der Waals surface area contributed by atoms with Gasteiger partial charge in [-0.3, -0.25) is 0 Å². The standard InChI is InChI=1S/C48H43N/c1-47(2)29-30-48(3,4)46-33-41-31-39(15-16-40(41)32-45(46)47)38-21-27-44(28-22-38)49(42-23-17-36(18-24-42)34-11-7-5-8-12-34)43-25-19-37(20-26-43)35-13-9-6-10-14-35/h5-28,31-33H,29-30H2,1-4H3. The lowest BCUT2D eigenvalue weighted by Crippen LogP contribution is -2.33. The van der Waals surface area contributed by atoms with E-state index in [2.05, 4.69) is 196 Å². The molecule has 7 aromatic rings. The monoisotopic (exact) mass is 633 g/mol. The van der Waals surface area contributed by atoms with Crippen LogP contribution in [0, 0.1) is 0 Å². The zero-order chi connectivity index (χ0) is 33.6. The van der Waals surface area contributed by atoms with E-state index in [1.807, 2.05) is 0 Å². The van der Waals surface area contributed by atoms with Gasteiger partial charge in [0.15, 0.2) is 0 Å². The smallest absolute Gasteiger partial charge is 0.0462 e. The van der Waals surface area contributed by atoms with Gasteiger partial charge in [0.1, 0.15) is 0 Å². The maximum absolute atomic E-state index is 2.48. The summed E-state index contributed by atoms with van der Waals surface area (Å²) in [5.74, 6) is 0. The maximum Gasteiger partial charge on any atom is 0.0462 e. The van der Waals surface area contributed by atoms with Gasteiger partial charge < -0.3 is 4.90 Å². The van der Waals surface area contributed by atoms with Gasteiger partial charge in [0.25, 0.3) is 0 Å². The van der Waals surface area contributed by atoms with Crippen LogP contribution >= 0.6 is 0 Å². The molecular weight excluding hydrogens is 591 g/mol. The summed E-state index contributed by atoms with van der Waals surface area (Å²) in [4.78, 5) is 2.35. The predicted molar refractivity (Wildman–Crippen MR) is 210 cm³/mol. The highest BCUT2D eigenvalue weighted by Crippen LogP contribution is 2.47. The highest BCUT2D eigenvalue weighted by atomic mass is 15.1. The Hall–Kier alpha value is -5.40. The van der Waals surface area contributed by atoms with Crippen LogP contribution < -0.4 is 4.90 Å². The summed E-state index contributed by atoms with van der Waals surface area (Å²) in [6, 6.07) is 59.9. The molecule has 49 heavy (non-hydrogen) atoms. The zero-order valence-corrected chi connectivity index (χ0v) is 28.9. The van der Waals surface area contributed by atoms with Gasteiger partial charge in [-0.25, -0.2) is 0 Å². The Labute approximate surface area is 291 Å². The Kier molecular flexibility index (Phi) is 7.72. The number of rotatable bonds is 6. The molecule has 240 valence electrons. The van der Waals surface area contributed by atoms with Crippen LogP contribution in [0.15, 0.2) is 164 Å². The minimum atomic E-state index is 0.193. The number of hydrogen-bond acceptors (Lipinski definition) is 1. The molecule has 1 aliphatic rings. The predicted octanol–water partition coefficient (Wildman–Crippen LogP) is 13.7. The Morgan fingerprint density at radius 3 is 1.12 bits per heavy atom. The fourth-order valence-electron chi connectivity index (χ4n) is 7.61. The fraction of sp³-hybridized carbons (Fsp3) is 0.167. The second-order valence-corrected chi connectivity index (χ2v) is 14.9. The van der Waals surface area contributed by atoms with E-state index in [0.29, 0.717) is 0 Å². The third kappa shape index (κ3) is 5.95. The van der Waals surface area contributed by atoms with E-state index < -0.39 is 0 Å². The molecule has 0 aliphatic heterocycles. The Bertz CT molecular complexity index is 2140. The van der Waals surface area contributed by atoms with Gasteiger partial charge in [0.2, 0.25) is 0 Å². The minimum Gasteiger partial charge on any atom is -0.311 e. The van der Waals surface area contributed by atoms with Gasteiger partial charge in [-0.05, 0) is 121 Å². The van der Waals surface area contributed by atoms with Gasteiger partial charge in [0.05, 0.1) is 0 Å². The molecule has 0 aromatic heterocycles. The second-order valence-electron chi connectivity index (χ2n) is 14.9. The highest BCUT2D eigenvalue weighted by Gasteiger charge is 2.37. The average molecular weight is 634 g/mol. The number of nitrogens with zero attached hydrogens (tertiary/aromatic N) is 1. The lowest BCUT2D eigenvalue weighted by Gasteiger charge is -2.42. The summed E-state index contributed by atoms with van der Waals surface area (Å²) in [6.07, 6.45) is 2.45. The molecule has 1 heteroatoms. The van der Waals surface area contributed by atoms with Gasteiger partial charge in [0, 0.05) is 17.1 Å². The molecule has 0 bridgehead atoms. The molecule has 0 radical (unpaired) electrons. The van der Waals surface area contributed by atoms with Crippen LogP contribution in [0.3, 0.4) is 0 Å². The number of benzene rings is 7. The molecule has 0 N–H and O–H groups in total. The molecule has 1 aliphatic carbocycles. The van der Waals surface area contributed by atoms with E-state index in [0.717, 1.165) is 17.1 Å². The Morgan fingerprint density at radius 2 is 0.694 bits per heavy atom. The first-order valence-electron chi connectivity index (χ1n) is 17.6. The van der Waals surface area contributed by atoms with Gasteiger partial charge >= 0.3 is 0 Å². The van der Waals surface area contributed by atoms with Crippen LogP contribution in [0.25, 0.3) is 44.2 Å². The minimum absolute atomic E-state index is 0.193. The van der Waals surface area contributed by atoms with Crippen LogP contribution in [0.5, 0.6) is 0 Å². The molecular formula is C48H43N. The van der Waals surface area contributed by atoms with Crippen LogP contribution in [0.1, 0.15) is 51.7 Å². The molecule has 8 rings (SSSR count). The van der Waals surface area contributed by atoms with E-state index >= 15 is 0 Å². The van der Waals surface area contributed by atoms with Crippen molar-refractivity contribution in [3.63, 3.8) is 0 Å². The summed E-state index contributed by atoms with van der Waals surface area (Å²) in [6.45, 7) is 9.63. The average Bonchev–Trinajstić information content (AvgIpc) is 3.14. The first-order valence-corrected chi connectivity index (χ1v) is 17.6. The van der Waals surface area contributed by atoms with Crippen molar-refractivity contribution < 1.29 is 0 Å². The molecule has 7 aromatic carbocycles. The van der Waals surface area contributed by atoms with Crippen LogP contribution in [0.4, 0.5) is 17.1 Å². The zero-order valence-electron chi connectivity index (χ0n) is 28.9. The van der Waals surface area contributed by atoms with Crippen molar-refractivity contribution >= 4 is 27.8 Å².